The van der Waals surface area contributed by atoms with Crippen molar-refractivity contribution in [3.05, 3.63) is 42.0 Å². The van der Waals surface area contributed by atoms with E-state index in [9.17, 15) is 13.2 Å². The van der Waals surface area contributed by atoms with Gasteiger partial charge >= 0.3 is 0 Å². The van der Waals surface area contributed by atoms with Crippen molar-refractivity contribution >= 4 is 55.0 Å². The number of amides is 1. The standard InChI is InChI=1S/C26H36N4O5S2.ClH/c1-7-15-29(16-8-2)37(32,33)20-11-9-19(10-12-20)25(31)30(18-17-28(3)4)26-27-23-21(34-5)13-14-22(35-6)24(23)36-26;/h9-14H,7-8,15-18H2,1-6H3;1H. The maximum atomic E-state index is 13.7. The van der Waals surface area contributed by atoms with Crippen LogP contribution in [-0.4, -0.2) is 83.0 Å². The van der Waals surface area contributed by atoms with Crippen molar-refractivity contribution in [1.29, 1.82) is 0 Å². The van der Waals surface area contributed by atoms with E-state index in [0.717, 1.165) is 17.5 Å². The molecule has 0 N–H and O–H groups in total. The van der Waals surface area contributed by atoms with Gasteiger partial charge in [-0.1, -0.05) is 25.2 Å². The number of nitrogens with zero attached hydrogens (tertiary/aromatic N) is 4. The van der Waals surface area contributed by atoms with E-state index >= 15 is 0 Å². The maximum Gasteiger partial charge on any atom is 0.260 e. The molecule has 0 radical (unpaired) electrons. The normalized spacial score (nSPS) is 11.6. The molecule has 9 nitrogen and oxygen atoms in total. The average molecular weight is 585 g/mol. The summed E-state index contributed by atoms with van der Waals surface area (Å²) in [7, 11) is 3.41. The Labute approximate surface area is 235 Å². The molecule has 210 valence electrons. The minimum Gasteiger partial charge on any atom is -0.495 e. The first-order valence-electron chi connectivity index (χ1n) is 12.3. The number of hydrogen-bond donors (Lipinski definition) is 0. The molecule has 0 aliphatic heterocycles. The highest BCUT2D eigenvalue weighted by Gasteiger charge is 2.26. The minimum absolute atomic E-state index is 0. The first kappa shape index (κ1) is 31.8. The first-order valence-corrected chi connectivity index (χ1v) is 14.5. The van der Waals surface area contributed by atoms with E-state index in [0.29, 0.717) is 53.9 Å². The third kappa shape index (κ3) is 6.95. The molecule has 0 bridgehead atoms. The zero-order valence-electron chi connectivity index (χ0n) is 22.8. The van der Waals surface area contributed by atoms with Crippen LogP contribution < -0.4 is 14.4 Å². The van der Waals surface area contributed by atoms with Crippen molar-refractivity contribution in [1.82, 2.24) is 14.2 Å². The number of halogens is 1. The third-order valence-electron chi connectivity index (χ3n) is 5.83. The van der Waals surface area contributed by atoms with Crippen LogP contribution in [0.2, 0.25) is 0 Å². The number of methoxy groups -OCH3 is 2. The summed E-state index contributed by atoms with van der Waals surface area (Å²) in [6.07, 6.45) is 1.46. The Morgan fingerprint density at radius 3 is 2.00 bits per heavy atom. The molecule has 2 aromatic carbocycles. The molecule has 0 fully saturated rings. The van der Waals surface area contributed by atoms with Gasteiger partial charge < -0.3 is 14.4 Å². The van der Waals surface area contributed by atoms with Crippen LogP contribution in [0.25, 0.3) is 10.2 Å². The van der Waals surface area contributed by atoms with Gasteiger partial charge in [0.15, 0.2) is 5.13 Å². The summed E-state index contributed by atoms with van der Waals surface area (Å²) < 4.78 is 39.5. The first-order chi connectivity index (χ1) is 17.7. The number of benzene rings is 2. The number of aromatic nitrogens is 1. The maximum absolute atomic E-state index is 13.7. The topological polar surface area (TPSA) is 92.3 Å². The molecule has 0 unspecified atom stereocenters. The van der Waals surface area contributed by atoms with Gasteiger partial charge in [0, 0.05) is 31.7 Å². The quantitative estimate of drug-likeness (QED) is 0.286. The molecule has 1 aromatic heterocycles. The number of anilines is 1. The molecule has 1 amide bonds. The molecule has 0 atom stereocenters. The molecular formula is C26H37ClN4O5S2. The Kier molecular flexibility index (Phi) is 11.8. The number of sulfonamides is 1. The predicted octanol–water partition coefficient (Wildman–Crippen LogP) is 4.75. The fraction of sp³-hybridized carbons (Fsp3) is 0.462. The summed E-state index contributed by atoms with van der Waals surface area (Å²) in [5, 5.41) is 0.512. The summed E-state index contributed by atoms with van der Waals surface area (Å²) in [6, 6.07) is 9.76. The number of fused-ring (bicyclic) bond motifs is 1. The van der Waals surface area contributed by atoms with Crippen LogP contribution >= 0.6 is 23.7 Å². The molecule has 38 heavy (non-hydrogen) atoms. The van der Waals surface area contributed by atoms with E-state index in [-0.39, 0.29) is 23.2 Å². The summed E-state index contributed by atoms with van der Waals surface area (Å²) in [4.78, 5) is 22.2. The number of rotatable bonds is 13. The van der Waals surface area contributed by atoms with Gasteiger partial charge in [-0.15, -0.1) is 12.4 Å². The van der Waals surface area contributed by atoms with Crippen molar-refractivity contribution in [2.75, 3.05) is 59.4 Å². The smallest absolute Gasteiger partial charge is 0.260 e. The third-order valence-corrected chi connectivity index (χ3v) is 8.84. The zero-order chi connectivity index (χ0) is 27.2. The van der Waals surface area contributed by atoms with Crippen LogP contribution in [0.15, 0.2) is 41.3 Å². The molecule has 3 aromatic rings. The summed E-state index contributed by atoms with van der Waals surface area (Å²) in [6.45, 7) is 5.84. The van der Waals surface area contributed by atoms with Gasteiger partial charge in [-0.05, 0) is 63.3 Å². The Morgan fingerprint density at radius 2 is 1.47 bits per heavy atom. The highest BCUT2D eigenvalue weighted by molar-refractivity contribution is 7.89. The number of carbonyl (C=O) groups excluding carboxylic acids is 1. The molecule has 3 rings (SSSR count). The molecule has 0 aliphatic rings. The van der Waals surface area contributed by atoms with Gasteiger partial charge in [0.05, 0.1) is 19.1 Å². The Balaban J connectivity index is 0.00000507. The Hall–Kier alpha value is -2.44. The Morgan fingerprint density at radius 1 is 0.895 bits per heavy atom. The highest BCUT2D eigenvalue weighted by Crippen LogP contribution is 2.40. The van der Waals surface area contributed by atoms with Gasteiger partial charge in [-0.3, -0.25) is 9.69 Å². The van der Waals surface area contributed by atoms with Gasteiger partial charge in [-0.2, -0.15) is 4.31 Å². The van der Waals surface area contributed by atoms with Gasteiger partial charge in [0.2, 0.25) is 10.0 Å². The number of likely N-dealkylation sites (N-methyl/N-ethyl adjacent to an activating group) is 1. The molecule has 1 heterocycles. The van der Waals surface area contributed by atoms with Crippen LogP contribution in [0.3, 0.4) is 0 Å². The molecule has 0 spiro atoms. The van der Waals surface area contributed by atoms with Gasteiger partial charge in [0.25, 0.3) is 5.91 Å². The van der Waals surface area contributed by atoms with E-state index in [1.807, 2.05) is 38.9 Å². The largest absolute Gasteiger partial charge is 0.495 e. The van der Waals surface area contributed by atoms with E-state index < -0.39 is 10.0 Å². The number of carbonyl (C=O) groups is 1. The van der Waals surface area contributed by atoms with E-state index in [1.54, 1.807) is 37.3 Å². The van der Waals surface area contributed by atoms with Crippen LogP contribution in [0.1, 0.15) is 37.0 Å². The lowest BCUT2D eigenvalue weighted by molar-refractivity contribution is 0.0985. The van der Waals surface area contributed by atoms with E-state index in [1.165, 1.54) is 27.8 Å². The summed E-state index contributed by atoms with van der Waals surface area (Å²) >= 11 is 1.35. The van der Waals surface area contributed by atoms with Crippen molar-refractivity contribution < 1.29 is 22.7 Å². The number of thiazole rings is 1. The second-order valence-electron chi connectivity index (χ2n) is 8.83. The molecular weight excluding hydrogens is 548 g/mol. The minimum atomic E-state index is -3.63. The second-order valence-corrected chi connectivity index (χ2v) is 11.7. The monoisotopic (exact) mass is 584 g/mol. The van der Waals surface area contributed by atoms with Crippen molar-refractivity contribution in [3.63, 3.8) is 0 Å². The van der Waals surface area contributed by atoms with Crippen LogP contribution in [0, 0.1) is 0 Å². The van der Waals surface area contributed by atoms with Crippen molar-refractivity contribution in [2.24, 2.45) is 0 Å². The number of ether oxygens (including phenoxy) is 2. The van der Waals surface area contributed by atoms with Gasteiger partial charge in [-0.25, -0.2) is 13.4 Å². The van der Waals surface area contributed by atoms with Gasteiger partial charge in [0.1, 0.15) is 21.7 Å². The summed E-state index contributed by atoms with van der Waals surface area (Å²) in [5.41, 5.74) is 1.01. The molecule has 0 saturated heterocycles. The van der Waals surface area contributed by atoms with Crippen molar-refractivity contribution in [2.45, 2.75) is 31.6 Å². The summed E-state index contributed by atoms with van der Waals surface area (Å²) in [5.74, 6) is 0.983. The lowest BCUT2D eigenvalue weighted by atomic mass is 10.2. The lowest BCUT2D eigenvalue weighted by Crippen LogP contribution is -2.36. The fourth-order valence-electron chi connectivity index (χ4n) is 3.90. The second kappa shape index (κ2) is 14.1. The average Bonchev–Trinajstić information content (AvgIpc) is 3.33. The van der Waals surface area contributed by atoms with Crippen molar-refractivity contribution in [3.8, 4) is 11.5 Å². The van der Waals surface area contributed by atoms with Crippen LogP contribution in [-0.2, 0) is 10.0 Å². The lowest BCUT2D eigenvalue weighted by Gasteiger charge is -2.23. The predicted molar refractivity (Wildman–Crippen MR) is 156 cm³/mol. The van der Waals surface area contributed by atoms with Crippen LogP contribution in [0.4, 0.5) is 5.13 Å². The van der Waals surface area contributed by atoms with Crippen LogP contribution in [0.5, 0.6) is 11.5 Å². The Bertz CT molecular complexity index is 1270. The number of hydrogen-bond acceptors (Lipinski definition) is 8. The molecule has 12 heteroatoms. The molecule has 0 saturated carbocycles. The zero-order valence-corrected chi connectivity index (χ0v) is 25.2. The highest BCUT2D eigenvalue weighted by atomic mass is 35.5. The van der Waals surface area contributed by atoms with E-state index in [4.69, 9.17) is 14.5 Å². The fourth-order valence-corrected chi connectivity index (χ4v) is 6.62. The molecule has 0 aliphatic carbocycles. The SMILES string of the molecule is CCCN(CCC)S(=O)(=O)c1ccc(C(=O)N(CCN(C)C)c2nc3c(OC)ccc(OC)c3s2)cc1.Cl. The van der Waals surface area contributed by atoms with E-state index in [2.05, 4.69) is 0 Å².